The van der Waals surface area contributed by atoms with Gasteiger partial charge in [0.15, 0.2) is 5.69 Å². The molecule has 0 radical (unpaired) electrons. The lowest BCUT2D eigenvalue weighted by atomic mass is 9.97. The number of piperidine rings is 1. The van der Waals surface area contributed by atoms with Crippen LogP contribution in [0, 0.1) is 12.8 Å². The van der Waals surface area contributed by atoms with Crippen molar-refractivity contribution in [3.63, 3.8) is 0 Å². The van der Waals surface area contributed by atoms with Crippen molar-refractivity contribution in [2.45, 2.75) is 19.8 Å². The minimum atomic E-state index is -0.371. The predicted octanol–water partition coefficient (Wildman–Crippen LogP) is 1.57. The molecule has 1 saturated heterocycles. The van der Waals surface area contributed by atoms with Gasteiger partial charge in [0.1, 0.15) is 0 Å². The van der Waals surface area contributed by atoms with E-state index in [0.717, 1.165) is 6.42 Å². The molecule has 1 fully saturated rings. The van der Waals surface area contributed by atoms with Gasteiger partial charge in [0.05, 0.1) is 22.3 Å². The Hall–Kier alpha value is -2.41. The van der Waals surface area contributed by atoms with Crippen LogP contribution in [0.4, 0.5) is 0 Å². The van der Waals surface area contributed by atoms with Gasteiger partial charge >= 0.3 is 0 Å². The molecule has 1 aromatic heterocycles. The Kier molecular flexibility index (Phi) is 4.53. The van der Waals surface area contributed by atoms with Crippen LogP contribution in [0.25, 0.3) is 5.69 Å². The Morgan fingerprint density at radius 1 is 1.33 bits per heavy atom. The van der Waals surface area contributed by atoms with Gasteiger partial charge in [-0.05, 0) is 31.9 Å². The van der Waals surface area contributed by atoms with Crippen LogP contribution in [-0.2, 0) is 4.79 Å². The van der Waals surface area contributed by atoms with Gasteiger partial charge in [0.25, 0.3) is 5.91 Å². The fourth-order valence-corrected chi connectivity index (χ4v) is 3.14. The summed E-state index contributed by atoms with van der Waals surface area (Å²) in [6, 6.07) is 7.22. The highest BCUT2D eigenvalue weighted by Crippen LogP contribution is 2.23. The molecule has 3 rings (SSSR count). The van der Waals surface area contributed by atoms with E-state index in [2.05, 4.69) is 10.3 Å². The van der Waals surface area contributed by atoms with Gasteiger partial charge in [-0.25, -0.2) is 4.68 Å². The molecule has 2 amide bonds. The van der Waals surface area contributed by atoms with Crippen LogP contribution in [0.1, 0.15) is 29.0 Å². The molecule has 0 saturated carbocycles. The smallest absolute Gasteiger partial charge is 0.276 e. The maximum atomic E-state index is 12.7. The van der Waals surface area contributed by atoms with E-state index in [1.54, 1.807) is 22.6 Å². The van der Waals surface area contributed by atoms with Gasteiger partial charge < -0.3 is 10.6 Å². The summed E-state index contributed by atoms with van der Waals surface area (Å²) in [4.78, 5) is 25.8. The molecule has 8 heteroatoms. The molecule has 0 unspecified atom stereocenters. The summed E-state index contributed by atoms with van der Waals surface area (Å²) >= 11 is 6.19. The molecule has 1 aliphatic heterocycles. The van der Waals surface area contributed by atoms with Crippen molar-refractivity contribution in [2.24, 2.45) is 11.7 Å². The van der Waals surface area contributed by atoms with Crippen molar-refractivity contribution in [3.8, 4) is 5.69 Å². The van der Waals surface area contributed by atoms with Crippen molar-refractivity contribution in [3.05, 3.63) is 40.7 Å². The molecule has 1 aliphatic rings. The zero-order valence-corrected chi connectivity index (χ0v) is 14.0. The SMILES string of the molecule is Cc1c(C(=O)N2CCC[C@@H](C(N)=O)C2)nnn1-c1ccccc1Cl. The summed E-state index contributed by atoms with van der Waals surface area (Å²) in [5.74, 6) is -0.915. The van der Waals surface area contributed by atoms with Crippen molar-refractivity contribution >= 4 is 23.4 Å². The molecule has 0 aliphatic carbocycles. The normalized spacial score (nSPS) is 17.8. The first-order valence-electron chi connectivity index (χ1n) is 7.75. The number of carbonyl (C=O) groups excluding carboxylic acids is 2. The lowest BCUT2D eigenvalue weighted by Gasteiger charge is -2.30. The van der Waals surface area contributed by atoms with Crippen LogP contribution in [0.15, 0.2) is 24.3 Å². The van der Waals surface area contributed by atoms with Gasteiger partial charge in [-0.3, -0.25) is 9.59 Å². The van der Waals surface area contributed by atoms with Gasteiger partial charge in [-0.1, -0.05) is 28.9 Å². The highest BCUT2D eigenvalue weighted by Gasteiger charge is 2.30. The molecule has 126 valence electrons. The number of para-hydroxylation sites is 1. The van der Waals surface area contributed by atoms with Gasteiger partial charge in [0, 0.05) is 13.1 Å². The Balaban J connectivity index is 1.87. The highest BCUT2D eigenvalue weighted by molar-refractivity contribution is 6.32. The topological polar surface area (TPSA) is 94.1 Å². The molecule has 1 atom stereocenters. The first kappa shape index (κ1) is 16.4. The number of hydrogen-bond donors (Lipinski definition) is 1. The Labute approximate surface area is 144 Å². The minimum Gasteiger partial charge on any atom is -0.369 e. The number of nitrogens with two attached hydrogens (primary N) is 1. The number of hydrogen-bond acceptors (Lipinski definition) is 4. The Bertz CT molecular complexity index is 789. The molecule has 2 N–H and O–H groups in total. The lowest BCUT2D eigenvalue weighted by Crippen LogP contribution is -2.44. The summed E-state index contributed by atoms with van der Waals surface area (Å²) in [7, 11) is 0. The number of aromatic nitrogens is 3. The van der Waals surface area contributed by atoms with Gasteiger partial charge in [-0.15, -0.1) is 5.10 Å². The van der Waals surface area contributed by atoms with E-state index in [0.29, 0.717) is 35.9 Å². The highest BCUT2D eigenvalue weighted by atomic mass is 35.5. The fraction of sp³-hybridized carbons (Fsp3) is 0.375. The number of benzene rings is 1. The van der Waals surface area contributed by atoms with Gasteiger partial charge in [-0.2, -0.15) is 0 Å². The van der Waals surface area contributed by atoms with E-state index >= 15 is 0 Å². The van der Waals surface area contributed by atoms with Crippen LogP contribution in [0.5, 0.6) is 0 Å². The number of likely N-dealkylation sites (tertiary alicyclic amines) is 1. The average molecular weight is 348 g/mol. The molecule has 2 heterocycles. The molecule has 2 aromatic rings. The third kappa shape index (κ3) is 2.99. The van der Waals surface area contributed by atoms with Crippen molar-refractivity contribution in [1.82, 2.24) is 19.9 Å². The molecular formula is C16H18ClN5O2. The van der Waals surface area contributed by atoms with Crippen LogP contribution in [0.2, 0.25) is 5.02 Å². The van der Waals surface area contributed by atoms with E-state index in [1.165, 1.54) is 0 Å². The molecule has 7 nitrogen and oxygen atoms in total. The van der Waals surface area contributed by atoms with Crippen LogP contribution in [-0.4, -0.2) is 44.8 Å². The van der Waals surface area contributed by atoms with Crippen molar-refractivity contribution in [2.75, 3.05) is 13.1 Å². The quantitative estimate of drug-likeness (QED) is 0.911. The average Bonchev–Trinajstić information content (AvgIpc) is 2.96. The first-order valence-corrected chi connectivity index (χ1v) is 8.12. The number of amides is 2. The maximum absolute atomic E-state index is 12.7. The largest absolute Gasteiger partial charge is 0.369 e. The summed E-state index contributed by atoms with van der Waals surface area (Å²) in [5.41, 5.74) is 6.90. The number of halogens is 1. The van der Waals surface area contributed by atoms with E-state index < -0.39 is 0 Å². The first-order chi connectivity index (χ1) is 11.5. The third-order valence-corrected chi connectivity index (χ3v) is 4.61. The second kappa shape index (κ2) is 6.60. The molecule has 0 bridgehead atoms. The Morgan fingerprint density at radius 3 is 2.79 bits per heavy atom. The standard InChI is InChI=1S/C16H18ClN5O2/c1-10-14(16(24)21-8-4-5-11(9-21)15(18)23)19-20-22(10)13-7-3-2-6-12(13)17/h2-3,6-7,11H,4-5,8-9H2,1H3,(H2,18,23)/t11-/m1/s1. The molecule has 24 heavy (non-hydrogen) atoms. The minimum absolute atomic E-state index is 0.239. The second-order valence-electron chi connectivity index (χ2n) is 5.88. The van der Waals surface area contributed by atoms with E-state index in [1.807, 2.05) is 18.2 Å². The summed E-state index contributed by atoms with van der Waals surface area (Å²) < 4.78 is 1.55. The summed E-state index contributed by atoms with van der Waals surface area (Å²) in [5, 5.41) is 8.61. The summed E-state index contributed by atoms with van der Waals surface area (Å²) in [6.07, 6.45) is 1.46. The molecule has 1 aromatic carbocycles. The Morgan fingerprint density at radius 2 is 2.08 bits per heavy atom. The molecule has 0 spiro atoms. The fourth-order valence-electron chi connectivity index (χ4n) is 2.92. The number of primary amides is 1. The van der Waals surface area contributed by atoms with E-state index in [9.17, 15) is 9.59 Å². The zero-order valence-electron chi connectivity index (χ0n) is 13.3. The van der Waals surface area contributed by atoms with E-state index in [4.69, 9.17) is 17.3 Å². The second-order valence-corrected chi connectivity index (χ2v) is 6.29. The predicted molar refractivity (Wildman–Crippen MR) is 88.9 cm³/mol. The van der Waals surface area contributed by atoms with Crippen molar-refractivity contribution in [1.29, 1.82) is 0 Å². The van der Waals surface area contributed by atoms with Crippen LogP contribution >= 0.6 is 11.6 Å². The van der Waals surface area contributed by atoms with Crippen LogP contribution < -0.4 is 5.73 Å². The number of nitrogens with zero attached hydrogens (tertiary/aromatic N) is 4. The zero-order chi connectivity index (χ0) is 17.3. The monoisotopic (exact) mass is 347 g/mol. The summed E-state index contributed by atoms with van der Waals surface area (Å²) in [6.45, 7) is 2.68. The van der Waals surface area contributed by atoms with Crippen LogP contribution in [0.3, 0.4) is 0 Å². The van der Waals surface area contributed by atoms with Gasteiger partial charge in [0.2, 0.25) is 5.91 Å². The van der Waals surface area contributed by atoms with E-state index in [-0.39, 0.29) is 23.4 Å². The lowest BCUT2D eigenvalue weighted by molar-refractivity contribution is -0.123. The number of carbonyl (C=O) groups is 2. The van der Waals surface area contributed by atoms with Crippen molar-refractivity contribution < 1.29 is 9.59 Å². The third-order valence-electron chi connectivity index (χ3n) is 4.29. The number of rotatable bonds is 3. The maximum Gasteiger partial charge on any atom is 0.276 e. The molecular weight excluding hydrogens is 330 g/mol.